The average Bonchev–Trinajstić information content (AvgIpc) is 3.25. The standard InChI is InChI=1S/C24H26N2O3S/c1-28-19-8-10-20(11-9-19)29-15-4-7-24(27)25-21-5-2-3-6-22(21)26-14-12-23-18(17-26)13-16-30-23/h2-3,5-6,8-11,13,16H,4,7,12,14-15,17H2,1H3,(H,25,27). The molecule has 30 heavy (non-hydrogen) atoms. The van der Waals surface area contributed by atoms with Crippen molar-refractivity contribution < 1.29 is 14.3 Å². The van der Waals surface area contributed by atoms with Gasteiger partial charge in [-0.1, -0.05) is 12.1 Å². The number of methoxy groups -OCH3 is 1. The first kappa shape index (κ1) is 20.3. The summed E-state index contributed by atoms with van der Waals surface area (Å²) in [6.45, 7) is 2.35. The molecular weight excluding hydrogens is 396 g/mol. The van der Waals surface area contributed by atoms with Gasteiger partial charge in [-0.15, -0.1) is 11.3 Å². The van der Waals surface area contributed by atoms with Gasteiger partial charge in [-0.05, 0) is 66.2 Å². The van der Waals surface area contributed by atoms with Gasteiger partial charge in [0.05, 0.1) is 25.1 Å². The van der Waals surface area contributed by atoms with E-state index < -0.39 is 0 Å². The summed E-state index contributed by atoms with van der Waals surface area (Å²) in [5.74, 6) is 1.58. The predicted octanol–water partition coefficient (Wildman–Crippen LogP) is 5.12. The van der Waals surface area contributed by atoms with Gasteiger partial charge in [-0.25, -0.2) is 0 Å². The third-order valence-electron chi connectivity index (χ3n) is 5.20. The average molecular weight is 423 g/mol. The Morgan fingerprint density at radius 1 is 1.10 bits per heavy atom. The highest BCUT2D eigenvalue weighted by Gasteiger charge is 2.20. The van der Waals surface area contributed by atoms with Crippen LogP contribution in [0.1, 0.15) is 23.3 Å². The van der Waals surface area contributed by atoms with Crippen LogP contribution < -0.4 is 19.7 Å². The summed E-state index contributed by atoms with van der Waals surface area (Å²) >= 11 is 1.83. The number of amides is 1. The van der Waals surface area contributed by atoms with Crippen LogP contribution >= 0.6 is 11.3 Å². The van der Waals surface area contributed by atoms with Gasteiger partial charge < -0.3 is 19.7 Å². The largest absolute Gasteiger partial charge is 0.497 e. The molecule has 156 valence electrons. The Bertz CT molecular complexity index is 984. The van der Waals surface area contributed by atoms with E-state index in [9.17, 15) is 4.79 Å². The van der Waals surface area contributed by atoms with Crippen molar-refractivity contribution in [1.29, 1.82) is 0 Å². The van der Waals surface area contributed by atoms with E-state index in [0.717, 1.165) is 42.4 Å². The molecule has 1 N–H and O–H groups in total. The maximum Gasteiger partial charge on any atom is 0.224 e. The highest BCUT2D eigenvalue weighted by Crippen LogP contribution is 2.32. The third kappa shape index (κ3) is 4.94. The fourth-order valence-corrected chi connectivity index (χ4v) is 4.51. The molecule has 1 aliphatic heterocycles. The molecule has 2 aromatic carbocycles. The van der Waals surface area contributed by atoms with Crippen LogP contribution in [0.2, 0.25) is 0 Å². The summed E-state index contributed by atoms with van der Waals surface area (Å²) < 4.78 is 10.8. The van der Waals surface area contributed by atoms with E-state index in [1.165, 1.54) is 10.4 Å². The molecule has 0 fully saturated rings. The number of benzene rings is 2. The smallest absolute Gasteiger partial charge is 0.224 e. The Labute approximate surface area is 181 Å². The van der Waals surface area contributed by atoms with Crippen molar-refractivity contribution in [3.05, 3.63) is 70.4 Å². The van der Waals surface area contributed by atoms with Crippen molar-refractivity contribution >= 4 is 28.6 Å². The van der Waals surface area contributed by atoms with E-state index >= 15 is 0 Å². The summed E-state index contributed by atoms with van der Waals surface area (Å²) in [6, 6.07) is 17.7. The van der Waals surface area contributed by atoms with Crippen molar-refractivity contribution in [1.82, 2.24) is 0 Å². The highest BCUT2D eigenvalue weighted by atomic mass is 32.1. The molecule has 0 radical (unpaired) electrons. The number of hydrogen-bond donors (Lipinski definition) is 1. The highest BCUT2D eigenvalue weighted by molar-refractivity contribution is 7.10. The second kappa shape index (κ2) is 9.67. The van der Waals surface area contributed by atoms with Crippen molar-refractivity contribution in [2.75, 3.05) is 30.5 Å². The van der Waals surface area contributed by atoms with Crippen LogP contribution in [0.3, 0.4) is 0 Å². The topological polar surface area (TPSA) is 50.8 Å². The van der Waals surface area contributed by atoms with Gasteiger partial charge in [0.25, 0.3) is 0 Å². The van der Waals surface area contributed by atoms with Gasteiger partial charge in [-0.3, -0.25) is 4.79 Å². The summed E-state index contributed by atoms with van der Waals surface area (Å²) in [7, 11) is 1.64. The molecule has 0 unspecified atom stereocenters. The Hall–Kier alpha value is -2.99. The van der Waals surface area contributed by atoms with Crippen molar-refractivity contribution in [3.63, 3.8) is 0 Å². The number of rotatable bonds is 8. The lowest BCUT2D eigenvalue weighted by Crippen LogP contribution is -2.30. The monoisotopic (exact) mass is 422 g/mol. The van der Waals surface area contributed by atoms with Crippen LogP contribution in [0.5, 0.6) is 11.5 Å². The fourth-order valence-electron chi connectivity index (χ4n) is 3.62. The molecule has 0 atom stereocenters. The number of carbonyl (C=O) groups excluding carboxylic acids is 1. The zero-order valence-corrected chi connectivity index (χ0v) is 17.9. The lowest BCUT2D eigenvalue weighted by Gasteiger charge is -2.30. The van der Waals surface area contributed by atoms with Crippen LogP contribution in [-0.4, -0.2) is 26.2 Å². The number of carbonyl (C=O) groups is 1. The molecule has 0 saturated heterocycles. The Balaban J connectivity index is 1.28. The molecule has 5 nitrogen and oxygen atoms in total. The third-order valence-corrected chi connectivity index (χ3v) is 6.23. The van der Waals surface area contributed by atoms with E-state index in [-0.39, 0.29) is 5.91 Å². The molecule has 4 rings (SSSR count). The van der Waals surface area contributed by atoms with E-state index in [1.807, 2.05) is 53.8 Å². The Morgan fingerprint density at radius 3 is 2.73 bits per heavy atom. The quantitative estimate of drug-likeness (QED) is 0.512. The molecule has 2 heterocycles. The molecule has 0 bridgehead atoms. The molecule has 0 saturated carbocycles. The predicted molar refractivity (Wildman–Crippen MR) is 122 cm³/mol. The Kier molecular flexibility index (Phi) is 6.54. The van der Waals surface area contributed by atoms with Crippen molar-refractivity contribution in [2.45, 2.75) is 25.8 Å². The van der Waals surface area contributed by atoms with Crippen LogP contribution in [0, 0.1) is 0 Å². The SMILES string of the molecule is COc1ccc(OCCCC(=O)Nc2ccccc2N2CCc3sccc3C2)cc1. The number of fused-ring (bicyclic) bond motifs is 1. The molecule has 1 aliphatic rings. The zero-order valence-electron chi connectivity index (χ0n) is 17.1. The van der Waals surface area contributed by atoms with Crippen LogP contribution in [0.25, 0.3) is 0 Å². The number of anilines is 2. The Morgan fingerprint density at radius 2 is 1.90 bits per heavy atom. The minimum Gasteiger partial charge on any atom is -0.497 e. The van der Waals surface area contributed by atoms with Gasteiger partial charge in [0, 0.05) is 24.4 Å². The summed E-state index contributed by atoms with van der Waals surface area (Å²) in [4.78, 5) is 16.3. The lowest BCUT2D eigenvalue weighted by atomic mass is 10.1. The zero-order chi connectivity index (χ0) is 20.8. The fraction of sp³-hybridized carbons (Fsp3) is 0.292. The maximum atomic E-state index is 12.5. The van der Waals surface area contributed by atoms with Crippen molar-refractivity contribution in [2.24, 2.45) is 0 Å². The summed E-state index contributed by atoms with van der Waals surface area (Å²) in [6.07, 6.45) is 2.12. The van der Waals surface area contributed by atoms with E-state index in [4.69, 9.17) is 9.47 Å². The molecule has 6 heteroatoms. The van der Waals surface area contributed by atoms with Crippen LogP contribution in [-0.2, 0) is 17.8 Å². The molecule has 1 amide bonds. The normalized spacial score (nSPS) is 12.9. The van der Waals surface area contributed by atoms with Gasteiger partial charge in [-0.2, -0.15) is 0 Å². The molecule has 0 spiro atoms. The van der Waals surface area contributed by atoms with Gasteiger partial charge >= 0.3 is 0 Å². The van der Waals surface area contributed by atoms with E-state index in [0.29, 0.717) is 19.4 Å². The van der Waals surface area contributed by atoms with Crippen LogP contribution in [0.4, 0.5) is 11.4 Å². The molecule has 1 aromatic heterocycles. The van der Waals surface area contributed by atoms with E-state index in [2.05, 4.69) is 27.7 Å². The first-order valence-corrected chi connectivity index (χ1v) is 11.1. The number of hydrogen-bond acceptors (Lipinski definition) is 5. The van der Waals surface area contributed by atoms with E-state index in [1.54, 1.807) is 7.11 Å². The number of nitrogens with zero attached hydrogens (tertiary/aromatic N) is 1. The first-order valence-electron chi connectivity index (χ1n) is 10.2. The molecular formula is C24H26N2O3S. The summed E-state index contributed by atoms with van der Waals surface area (Å²) in [5, 5.41) is 5.25. The first-order chi connectivity index (χ1) is 14.7. The second-order valence-corrected chi connectivity index (χ2v) is 8.23. The van der Waals surface area contributed by atoms with Gasteiger partial charge in [0.1, 0.15) is 11.5 Å². The minimum atomic E-state index is 0.00835. The summed E-state index contributed by atoms with van der Waals surface area (Å²) in [5.41, 5.74) is 3.34. The lowest BCUT2D eigenvalue weighted by molar-refractivity contribution is -0.116. The second-order valence-electron chi connectivity index (χ2n) is 7.23. The number of nitrogens with one attached hydrogen (secondary N) is 1. The number of thiophene rings is 1. The number of para-hydroxylation sites is 2. The van der Waals surface area contributed by atoms with Gasteiger partial charge in [0.15, 0.2) is 0 Å². The molecule has 3 aromatic rings. The van der Waals surface area contributed by atoms with Crippen LogP contribution in [0.15, 0.2) is 60.0 Å². The van der Waals surface area contributed by atoms with Gasteiger partial charge in [0.2, 0.25) is 5.91 Å². The minimum absolute atomic E-state index is 0.00835. The maximum absolute atomic E-state index is 12.5. The van der Waals surface area contributed by atoms with Crippen molar-refractivity contribution in [3.8, 4) is 11.5 Å². The molecule has 0 aliphatic carbocycles. The number of ether oxygens (including phenoxy) is 2.